The van der Waals surface area contributed by atoms with Crippen LogP contribution in [0.4, 0.5) is 4.79 Å². The molecular weight excluding hydrogens is 718 g/mol. The number of piperidine rings is 1. The van der Waals surface area contributed by atoms with E-state index in [1.165, 1.54) is 45.1 Å². The third kappa shape index (κ3) is 9.43. The minimum absolute atomic E-state index is 0.0170. The number of H-pyrrole nitrogens is 1. The first-order valence-corrected chi connectivity index (χ1v) is 17.7. The number of nitrogens with two attached hydrogens (primary N) is 1. The van der Waals surface area contributed by atoms with Crippen molar-refractivity contribution in [2.75, 3.05) is 62.4 Å². The average molecular weight is 770 g/mol. The fourth-order valence-corrected chi connectivity index (χ4v) is 7.90. The molecule has 2 aromatic carbocycles. The van der Waals surface area contributed by atoms with Gasteiger partial charge < -0.3 is 53.7 Å². The minimum atomic E-state index is -0.981. The van der Waals surface area contributed by atoms with E-state index in [0.717, 1.165) is 43.3 Å². The van der Waals surface area contributed by atoms with Gasteiger partial charge in [0.2, 0.25) is 5.75 Å². The summed E-state index contributed by atoms with van der Waals surface area (Å²) in [6.45, 7) is 6.70. The van der Waals surface area contributed by atoms with Crippen LogP contribution in [0.3, 0.4) is 0 Å². The standard InChI is InChI=1S/C33H40N2O9.C3H7NO2.C3H4O2/c1-38-19-7-8-20-21-9-10-35-16-18-13-27(44-32(36)17-11-25(39-2)30(41-4)26(12-17)40-3)31(42-5)28(33(37)43-6)22(18)15-24(35)29(21)34-23(20)14-19;1-2-6-3(4)5;1-2-3(4)5/h7-8,11-12,14,18,22,24,27-28,31,34H,9-10,13,15-16H2,1-6H3;2H2,1H3,(H2,4,5);2H,1H2,(H,4,5)/t18-,22+,24-,27-,28+,31+;;/m1../s1. The molecule has 3 aromatic rings. The number of benzene rings is 2. The zero-order valence-corrected chi connectivity index (χ0v) is 32.2. The first-order chi connectivity index (χ1) is 26.4. The normalized spacial score (nSPS) is 22.3. The van der Waals surface area contributed by atoms with Crippen LogP contribution in [0, 0.1) is 17.8 Å². The highest BCUT2D eigenvalue weighted by molar-refractivity contribution is 5.91. The molecule has 2 fully saturated rings. The lowest BCUT2D eigenvalue weighted by Crippen LogP contribution is -2.58. The van der Waals surface area contributed by atoms with Crippen molar-refractivity contribution in [3.63, 3.8) is 0 Å². The van der Waals surface area contributed by atoms with Gasteiger partial charge in [-0.05, 0) is 67.9 Å². The number of fused-ring (bicyclic) bond motifs is 6. The molecule has 1 saturated carbocycles. The van der Waals surface area contributed by atoms with E-state index in [0.29, 0.717) is 30.3 Å². The van der Waals surface area contributed by atoms with Crippen LogP contribution in [-0.4, -0.2) is 114 Å². The highest BCUT2D eigenvalue weighted by atomic mass is 16.6. The van der Waals surface area contributed by atoms with Crippen molar-refractivity contribution in [3.05, 3.63) is 59.8 Å². The number of nitrogens with zero attached hydrogens (tertiary/aromatic N) is 1. The number of primary amides is 1. The lowest BCUT2D eigenvalue weighted by Gasteiger charge is -2.52. The number of carboxylic acids is 1. The molecule has 1 aromatic heterocycles. The molecule has 3 heterocycles. The predicted octanol–water partition coefficient (Wildman–Crippen LogP) is 4.53. The Balaban J connectivity index is 0.000000538. The number of aliphatic carboxylic acids is 1. The highest BCUT2D eigenvalue weighted by Crippen LogP contribution is 2.51. The van der Waals surface area contributed by atoms with E-state index in [4.69, 9.17) is 38.3 Å². The number of ether oxygens (including phenoxy) is 8. The molecule has 16 nitrogen and oxygen atoms in total. The first kappa shape index (κ1) is 42.3. The van der Waals surface area contributed by atoms with Gasteiger partial charge in [0, 0.05) is 48.9 Å². The molecule has 3 aliphatic rings. The van der Waals surface area contributed by atoms with Crippen molar-refractivity contribution < 1.29 is 62.2 Å². The molecule has 6 atom stereocenters. The zero-order chi connectivity index (χ0) is 40.4. The molecule has 0 spiro atoms. The lowest BCUT2D eigenvalue weighted by atomic mass is 9.63. The molecule has 300 valence electrons. The van der Waals surface area contributed by atoms with Gasteiger partial charge in [-0.2, -0.15) is 0 Å². The fourth-order valence-electron chi connectivity index (χ4n) is 7.90. The number of carboxylic acid groups (broad SMARTS) is 1. The van der Waals surface area contributed by atoms with Crippen molar-refractivity contribution in [2.24, 2.45) is 23.5 Å². The number of rotatable bonds is 10. The third-order valence-electron chi connectivity index (χ3n) is 10.2. The second-order valence-corrected chi connectivity index (χ2v) is 13.0. The summed E-state index contributed by atoms with van der Waals surface area (Å²) in [5.41, 5.74) is 8.37. The second-order valence-electron chi connectivity index (χ2n) is 13.0. The van der Waals surface area contributed by atoms with Crippen LogP contribution < -0.4 is 24.7 Å². The summed E-state index contributed by atoms with van der Waals surface area (Å²) >= 11 is 0. The van der Waals surface area contributed by atoms with Gasteiger partial charge in [0.25, 0.3) is 0 Å². The Labute approximate surface area is 319 Å². The van der Waals surface area contributed by atoms with E-state index in [1.54, 1.807) is 33.3 Å². The summed E-state index contributed by atoms with van der Waals surface area (Å²) < 4.78 is 43.3. The Morgan fingerprint density at radius 2 is 1.65 bits per heavy atom. The summed E-state index contributed by atoms with van der Waals surface area (Å²) in [6.07, 6.45) is 1.04. The number of carbonyl (C=O) groups excluding carboxylic acids is 3. The van der Waals surface area contributed by atoms with Crippen molar-refractivity contribution >= 4 is 34.9 Å². The molecule has 4 N–H and O–H groups in total. The van der Waals surface area contributed by atoms with Crippen LogP contribution in [0.15, 0.2) is 43.0 Å². The van der Waals surface area contributed by atoms with Gasteiger partial charge in [-0.1, -0.05) is 6.58 Å². The maximum absolute atomic E-state index is 13.5. The van der Waals surface area contributed by atoms with Gasteiger partial charge in [0.1, 0.15) is 18.0 Å². The fraction of sp³-hybridized carbons (Fsp3) is 0.487. The smallest absolute Gasteiger partial charge is 0.404 e. The third-order valence-corrected chi connectivity index (χ3v) is 10.2. The molecule has 1 saturated heterocycles. The molecule has 0 unspecified atom stereocenters. The van der Waals surface area contributed by atoms with Crippen molar-refractivity contribution in [2.45, 2.75) is 44.4 Å². The first-order valence-electron chi connectivity index (χ1n) is 17.7. The molecule has 55 heavy (non-hydrogen) atoms. The van der Waals surface area contributed by atoms with Crippen molar-refractivity contribution in [1.82, 2.24) is 9.88 Å². The number of esters is 2. The van der Waals surface area contributed by atoms with Crippen LogP contribution in [0.2, 0.25) is 0 Å². The van der Waals surface area contributed by atoms with Gasteiger partial charge in [-0.3, -0.25) is 9.69 Å². The lowest BCUT2D eigenvalue weighted by molar-refractivity contribution is -0.176. The van der Waals surface area contributed by atoms with E-state index >= 15 is 0 Å². The molecule has 0 bridgehead atoms. The molecule has 6 rings (SSSR count). The van der Waals surface area contributed by atoms with E-state index < -0.39 is 36.2 Å². The number of aromatic amines is 1. The SMILES string of the molecule is C=CC(=O)O.CCOC(N)=O.COC(=O)[C@H]1[C@H]2C[C@@H]3c4[nH]c5cc(OC)ccc5c4CCN3C[C@H]2C[C@@H](OC(=O)c2cc(OC)c(OC)c(OC)c2)[C@@H]1OC. The van der Waals surface area contributed by atoms with Gasteiger partial charge in [-0.25, -0.2) is 14.4 Å². The summed E-state index contributed by atoms with van der Waals surface area (Å²) in [7, 11) is 9.10. The van der Waals surface area contributed by atoms with Crippen LogP contribution in [0.1, 0.15) is 47.4 Å². The van der Waals surface area contributed by atoms with E-state index in [1.807, 2.05) is 12.1 Å². The monoisotopic (exact) mass is 769 g/mol. The highest BCUT2D eigenvalue weighted by Gasteiger charge is 2.54. The second kappa shape index (κ2) is 19.2. The summed E-state index contributed by atoms with van der Waals surface area (Å²) in [5, 5.41) is 8.82. The van der Waals surface area contributed by atoms with Crippen molar-refractivity contribution in [1.29, 1.82) is 0 Å². The molecule has 1 aliphatic carbocycles. The summed E-state index contributed by atoms with van der Waals surface area (Å²) in [4.78, 5) is 52.0. The van der Waals surface area contributed by atoms with Crippen LogP contribution in [-0.2, 0) is 35.0 Å². The Morgan fingerprint density at radius 1 is 0.982 bits per heavy atom. The van der Waals surface area contributed by atoms with E-state index in [9.17, 15) is 19.2 Å². The maximum atomic E-state index is 13.5. The number of methoxy groups -OCH3 is 6. The number of nitrogens with one attached hydrogen (secondary N) is 1. The Morgan fingerprint density at radius 3 is 2.16 bits per heavy atom. The Hall–Kier alpha value is -5.48. The van der Waals surface area contributed by atoms with Crippen LogP contribution in [0.5, 0.6) is 23.0 Å². The molecular formula is C39H51N3O13. The number of hydrogen-bond donors (Lipinski definition) is 3. The van der Waals surface area contributed by atoms with Gasteiger partial charge in [0.05, 0.1) is 59.7 Å². The maximum Gasteiger partial charge on any atom is 0.404 e. The quantitative estimate of drug-likeness (QED) is 0.147. The molecule has 1 amide bonds. The van der Waals surface area contributed by atoms with Gasteiger partial charge >= 0.3 is 24.0 Å². The largest absolute Gasteiger partial charge is 0.497 e. The topological polar surface area (TPSA) is 207 Å². The van der Waals surface area contributed by atoms with E-state index in [2.05, 4.69) is 33.0 Å². The number of hydrogen-bond acceptors (Lipinski definition) is 13. The summed E-state index contributed by atoms with van der Waals surface area (Å²) in [6, 6.07) is 9.40. The minimum Gasteiger partial charge on any atom is -0.497 e. The zero-order valence-electron chi connectivity index (χ0n) is 32.2. The van der Waals surface area contributed by atoms with Gasteiger partial charge in [-0.15, -0.1) is 0 Å². The summed E-state index contributed by atoms with van der Waals surface area (Å²) in [5.74, 6) is -0.541. The van der Waals surface area contributed by atoms with Crippen LogP contribution >= 0.6 is 0 Å². The average Bonchev–Trinajstić information content (AvgIpc) is 3.57. The van der Waals surface area contributed by atoms with Crippen LogP contribution in [0.25, 0.3) is 10.9 Å². The Bertz CT molecular complexity index is 1820. The van der Waals surface area contributed by atoms with E-state index in [-0.39, 0.29) is 29.4 Å². The molecule has 0 radical (unpaired) electrons. The molecule has 2 aliphatic heterocycles. The number of carbonyl (C=O) groups is 4. The Kier molecular flexibility index (Phi) is 14.8. The van der Waals surface area contributed by atoms with Crippen molar-refractivity contribution in [3.8, 4) is 23.0 Å². The number of amides is 1. The predicted molar refractivity (Wildman–Crippen MR) is 200 cm³/mol. The van der Waals surface area contributed by atoms with Gasteiger partial charge in [0.15, 0.2) is 11.5 Å². The molecule has 16 heteroatoms. The number of aromatic nitrogens is 1.